The van der Waals surface area contributed by atoms with Gasteiger partial charge in [0.05, 0.1) is 0 Å². The average molecular weight is 360 g/mol. The van der Waals surface area contributed by atoms with Crippen molar-refractivity contribution in [3.63, 3.8) is 0 Å². The van der Waals surface area contributed by atoms with Gasteiger partial charge in [0.25, 0.3) is 0 Å². The molecule has 5 aliphatic carbocycles. The minimum absolute atomic E-state index is 0. The van der Waals surface area contributed by atoms with Gasteiger partial charge in [-0.05, 0) is 112 Å². The van der Waals surface area contributed by atoms with Crippen molar-refractivity contribution in [2.75, 3.05) is 0 Å². The second kappa shape index (κ2) is 7.64. The van der Waals surface area contributed by atoms with Crippen LogP contribution >= 0.6 is 0 Å². The third-order valence-electron chi connectivity index (χ3n) is 6.72. The van der Waals surface area contributed by atoms with E-state index in [2.05, 4.69) is 12.8 Å². The third kappa shape index (κ3) is 3.15. The standard InChI is InChI=1S/C23H28.Fe/c1-2-7-17-15-19-9-3-8-18-14-16(6-1)20-10-4-11-21(17)23(19)13-5-12-22(18)20;/h14-15H,1-13H2;. The summed E-state index contributed by atoms with van der Waals surface area (Å²) in [6.45, 7) is 0. The van der Waals surface area contributed by atoms with E-state index in [1.807, 2.05) is 0 Å². The molecule has 0 unspecified atom stereocenters. The van der Waals surface area contributed by atoms with E-state index in [0.717, 1.165) is 0 Å². The first-order chi connectivity index (χ1) is 11.4. The van der Waals surface area contributed by atoms with Crippen molar-refractivity contribution >= 4 is 0 Å². The van der Waals surface area contributed by atoms with Crippen LogP contribution in [-0.2, 0) is 17.1 Å². The van der Waals surface area contributed by atoms with Crippen LogP contribution < -0.4 is 0 Å². The van der Waals surface area contributed by atoms with E-state index < -0.39 is 0 Å². The summed E-state index contributed by atoms with van der Waals surface area (Å²) in [5.41, 5.74) is 0. The van der Waals surface area contributed by atoms with E-state index in [0.29, 0.717) is 0 Å². The van der Waals surface area contributed by atoms with Crippen LogP contribution in [0.2, 0.25) is 0 Å². The molecular formula is C23H28Fe. The fraction of sp³-hybridized carbons (Fsp3) is 0.565. The van der Waals surface area contributed by atoms with Gasteiger partial charge in [-0.15, -0.1) is 0 Å². The van der Waals surface area contributed by atoms with Crippen LogP contribution in [0.25, 0.3) is 0 Å². The minimum Gasteiger partial charge on any atom is -0.0527 e. The Bertz CT molecular complexity index is 382. The summed E-state index contributed by atoms with van der Waals surface area (Å²) in [6.07, 6.45) is 22.8. The van der Waals surface area contributed by atoms with Gasteiger partial charge in [-0.25, -0.2) is 0 Å². The predicted molar refractivity (Wildman–Crippen MR) is 94.6 cm³/mol. The molecule has 0 saturated heterocycles. The Kier molecular flexibility index (Phi) is 5.70. The van der Waals surface area contributed by atoms with E-state index in [4.69, 9.17) is 0 Å². The van der Waals surface area contributed by atoms with E-state index in [-0.39, 0.29) is 17.1 Å². The zero-order chi connectivity index (χ0) is 15.2. The maximum atomic E-state index is 2.63. The van der Waals surface area contributed by atoms with Gasteiger partial charge in [0.15, 0.2) is 0 Å². The van der Waals surface area contributed by atoms with Gasteiger partial charge in [-0.1, -0.05) is 32.1 Å². The zero-order valence-electron chi connectivity index (χ0n) is 14.7. The number of hydrogen-bond acceptors (Lipinski definition) is 0. The van der Waals surface area contributed by atoms with Gasteiger partial charge in [0.2, 0.25) is 0 Å². The maximum Gasteiger partial charge on any atom is 0 e. The van der Waals surface area contributed by atoms with Crippen molar-refractivity contribution < 1.29 is 17.1 Å². The molecule has 0 aromatic carbocycles. The van der Waals surface area contributed by atoms with Gasteiger partial charge in [0.1, 0.15) is 0 Å². The molecule has 4 bridgehead atoms. The summed E-state index contributed by atoms with van der Waals surface area (Å²) in [4.78, 5) is 0. The zero-order valence-corrected chi connectivity index (χ0v) is 15.8. The first kappa shape index (κ1) is 17.9. The third-order valence-corrected chi connectivity index (χ3v) is 6.72. The molecule has 24 heavy (non-hydrogen) atoms. The van der Waals surface area contributed by atoms with E-state index in [9.17, 15) is 0 Å². The van der Waals surface area contributed by atoms with Gasteiger partial charge in [-0.3, -0.25) is 0 Å². The number of hydrogen-bond donors (Lipinski definition) is 0. The number of rotatable bonds is 0. The van der Waals surface area contributed by atoms with Crippen molar-refractivity contribution in [1.29, 1.82) is 0 Å². The van der Waals surface area contributed by atoms with Crippen LogP contribution in [0, 0.1) is 60.2 Å². The van der Waals surface area contributed by atoms with Gasteiger partial charge in [0, 0.05) is 17.1 Å². The second-order valence-corrected chi connectivity index (χ2v) is 8.07. The van der Waals surface area contributed by atoms with Crippen LogP contribution in [0.5, 0.6) is 0 Å². The summed E-state index contributed by atoms with van der Waals surface area (Å²) in [6, 6.07) is 0. The van der Waals surface area contributed by atoms with Crippen molar-refractivity contribution in [2.24, 2.45) is 0 Å². The average Bonchev–Trinajstić information content (AvgIpc) is 3.06. The topological polar surface area (TPSA) is 0 Å². The molecule has 0 atom stereocenters. The maximum absolute atomic E-state index is 2.63. The summed E-state index contributed by atoms with van der Waals surface area (Å²) < 4.78 is 0. The smallest absolute Gasteiger partial charge is 0 e. The second-order valence-electron chi connectivity index (χ2n) is 8.07. The molecule has 0 nitrogen and oxygen atoms in total. The molecule has 5 saturated carbocycles. The van der Waals surface area contributed by atoms with E-state index >= 15 is 0 Å². The number of fused-ring (bicyclic) bond motifs is 4. The molecule has 10 radical (unpaired) electrons. The first-order valence-corrected chi connectivity index (χ1v) is 9.98. The largest absolute Gasteiger partial charge is 0.0527 e. The van der Waals surface area contributed by atoms with Crippen molar-refractivity contribution in [1.82, 2.24) is 0 Å². The molecule has 0 aromatic rings. The SMILES string of the molecule is [CH]1[C]2CCCC[C]3[CH][C]4CCC[C]1[C]1CCC[C]4[C]3CCC[C]21.[Fe]. The fourth-order valence-electron chi connectivity index (χ4n) is 5.67. The summed E-state index contributed by atoms with van der Waals surface area (Å²) in [7, 11) is 0. The molecule has 128 valence electrons. The molecule has 0 heterocycles. The van der Waals surface area contributed by atoms with E-state index in [1.54, 1.807) is 47.3 Å². The summed E-state index contributed by atoms with van der Waals surface area (Å²) in [5, 5.41) is 0. The molecule has 0 aliphatic heterocycles. The Morgan fingerprint density at radius 2 is 0.667 bits per heavy atom. The Hall–Kier alpha value is 0.519. The van der Waals surface area contributed by atoms with Crippen LogP contribution in [0.4, 0.5) is 0 Å². The Morgan fingerprint density at radius 1 is 0.375 bits per heavy atom. The fourth-order valence-corrected chi connectivity index (χ4v) is 5.67. The minimum atomic E-state index is 0. The van der Waals surface area contributed by atoms with Crippen LogP contribution in [-0.4, -0.2) is 0 Å². The molecule has 5 rings (SSSR count). The quantitative estimate of drug-likeness (QED) is 0.456. The Labute approximate surface area is 160 Å². The summed E-state index contributed by atoms with van der Waals surface area (Å²) >= 11 is 0. The Morgan fingerprint density at radius 3 is 1.04 bits per heavy atom. The molecule has 5 fully saturated rings. The van der Waals surface area contributed by atoms with Crippen LogP contribution in [0.1, 0.15) is 83.5 Å². The van der Waals surface area contributed by atoms with Gasteiger partial charge >= 0.3 is 0 Å². The molecule has 0 spiro atoms. The molecule has 0 aromatic heterocycles. The van der Waals surface area contributed by atoms with Gasteiger partial charge < -0.3 is 0 Å². The molecule has 1 heteroatoms. The van der Waals surface area contributed by atoms with Crippen LogP contribution in [0.15, 0.2) is 0 Å². The van der Waals surface area contributed by atoms with Crippen molar-refractivity contribution in [2.45, 2.75) is 83.5 Å². The van der Waals surface area contributed by atoms with Crippen molar-refractivity contribution in [3.8, 4) is 0 Å². The normalized spacial score (nSPS) is 33.0. The van der Waals surface area contributed by atoms with Crippen molar-refractivity contribution in [3.05, 3.63) is 60.2 Å². The first-order valence-electron chi connectivity index (χ1n) is 9.98. The molecule has 0 amide bonds. The predicted octanol–water partition coefficient (Wildman–Crippen LogP) is 6.13. The molecular weight excluding hydrogens is 332 g/mol. The van der Waals surface area contributed by atoms with Crippen LogP contribution in [0.3, 0.4) is 0 Å². The molecule has 5 aliphatic rings. The molecule has 0 N–H and O–H groups in total. The Balaban J connectivity index is 0.00000146. The monoisotopic (exact) mass is 360 g/mol. The van der Waals surface area contributed by atoms with Gasteiger partial charge in [-0.2, -0.15) is 0 Å². The summed E-state index contributed by atoms with van der Waals surface area (Å²) in [5.74, 6) is 14.1. The van der Waals surface area contributed by atoms with E-state index in [1.165, 1.54) is 83.5 Å².